The lowest BCUT2D eigenvalue weighted by molar-refractivity contribution is -0.0361. The van der Waals surface area contributed by atoms with E-state index in [2.05, 4.69) is 29.1 Å². The van der Waals surface area contributed by atoms with Crippen molar-refractivity contribution in [2.24, 2.45) is 10.7 Å². The number of nitrogens with two attached hydrogens (primary N) is 1. The molecule has 2 saturated heterocycles. The SMILES string of the molecule is C/C(N)=C(/C=NC1C[C@@H](C)O[C@@H](C)C1)Nc1ncc2ccc(N3C(=O)OC[C@@H]3C)cc2n1.[HH]. The predicted octanol–water partition coefficient (Wildman–Crippen LogP) is 3.85. The van der Waals surface area contributed by atoms with Gasteiger partial charge in [-0.25, -0.2) is 14.8 Å². The largest absolute Gasteiger partial charge is 0.447 e. The summed E-state index contributed by atoms with van der Waals surface area (Å²) in [5.74, 6) is 0.409. The Kier molecular flexibility index (Phi) is 6.27. The third kappa shape index (κ3) is 4.83. The van der Waals surface area contributed by atoms with E-state index in [0.717, 1.165) is 23.9 Å². The monoisotopic (exact) mass is 440 g/mol. The molecular formula is C23H32N6O3. The van der Waals surface area contributed by atoms with Crippen molar-refractivity contribution in [3.63, 3.8) is 0 Å². The molecule has 172 valence electrons. The molecule has 0 aliphatic carbocycles. The standard InChI is InChI=1S/C23H30N6O3.H2/c1-13-12-31-23(30)29(13)19-6-5-17-10-26-22(27-20(17)9-19)28-21(16(4)24)11-25-18-7-14(2)32-15(3)8-18;/h5-6,9-11,13-15,18H,7-8,12,24H2,1-4H3,(H,26,27,28);1H/b21-16+,25-11?;/t13-,14-,15+,18?;/m0./s1. The van der Waals surface area contributed by atoms with E-state index in [1.165, 1.54) is 0 Å². The average Bonchev–Trinajstić information content (AvgIpc) is 3.07. The van der Waals surface area contributed by atoms with E-state index < -0.39 is 0 Å². The van der Waals surface area contributed by atoms with Crippen molar-refractivity contribution in [3.8, 4) is 0 Å². The highest BCUT2D eigenvalue weighted by molar-refractivity contribution is 5.93. The molecule has 1 unspecified atom stereocenters. The fourth-order valence-corrected chi connectivity index (χ4v) is 4.12. The van der Waals surface area contributed by atoms with Crippen LogP contribution in [0.5, 0.6) is 0 Å². The van der Waals surface area contributed by atoms with Gasteiger partial charge in [-0.15, -0.1) is 0 Å². The van der Waals surface area contributed by atoms with Gasteiger partial charge in [0.05, 0.1) is 35.5 Å². The van der Waals surface area contributed by atoms with Crippen molar-refractivity contribution < 1.29 is 15.7 Å². The van der Waals surface area contributed by atoms with Gasteiger partial charge in [0.1, 0.15) is 6.61 Å². The Morgan fingerprint density at radius 3 is 2.72 bits per heavy atom. The second-order valence-electron chi connectivity index (χ2n) is 8.62. The minimum absolute atomic E-state index is 0. The summed E-state index contributed by atoms with van der Waals surface area (Å²) in [6.07, 6.45) is 5.29. The first-order valence-electron chi connectivity index (χ1n) is 10.9. The van der Waals surface area contributed by atoms with Crippen LogP contribution in [0, 0.1) is 0 Å². The van der Waals surface area contributed by atoms with Crippen LogP contribution in [0.4, 0.5) is 16.4 Å². The molecule has 0 spiro atoms. The van der Waals surface area contributed by atoms with Gasteiger partial charge in [-0.1, -0.05) is 0 Å². The van der Waals surface area contributed by atoms with Gasteiger partial charge in [-0.2, -0.15) is 0 Å². The molecule has 2 fully saturated rings. The molecule has 0 bridgehead atoms. The topological polar surface area (TPSA) is 115 Å². The van der Waals surface area contributed by atoms with Gasteiger partial charge < -0.3 is 20.5 Å². The highest BCUT2D eigenvalue weighted by Crippen LogP contribution is 2.27. The minimum Gasteiger partial charge on any atom is -0.447 e. The molecule has 4 atom stereocenters. The van der Waals surface area contributed by atoms with E-state index in [-0.39, 0.29) is 31.8 Å². The van der Waals surface area contributed by atoms with Crippen LogP contribution in [0.15, 0.2) is 40.8 Å². The number of nitrogens with one attached hydrogen (secondary N) is 1. The van der Waals surface area contributed by atoms with Gasteiger partial charge in [0.2, 0.25) is 5.95 Å². The molecule has 9 heteroatoms. The third-order valence-electron chi connectivity index (χ3n) is 5.69. The fraction of sp³-hybridized carbons (Fsp3) is 0.478. The molecule has 3 heterocycles. The molecule has 1 amide bonds. The zero-order valence-electron chi connectivity index (χ0n) is 18.9. The van der Waals surface area contributed by atoms with E-state index in [4.69, 9.17) is 20.2 Å². The number of carbonyl (C=O) groups is 1. The summed E-state index contributed by atoms with van der Waals surface area (Å²) in [5.41, 5.74) is 8.80. The molecule has 4 rings (SSSR count). The van der Waals surface area contributed by atoms with Crippen LogP contribution in [0.1, 0.15) is 42.0 Å². The smallest absolute Gasteiger partial charge is 0.414 e. The number of aliphatic imine (C=N–C) groups is 1. The predicted molar refractivity (Wildman–Crippen MR) is 127 cm³/mol. The number of rotatable bonds is 5. The Bertz CT molecular complexity index is 1060. The lowest BCUT2D eigenvalue weighted by atomic mass is 10.0. The number of carbonyl (C=O) groups excluding carboxylic acids is 1. The molecule has 0 radical (unpaired) electrons. The molecule has 1 aromatic heterocycles. The van der Waals surface area contributed by atoms with Gasteiger partial charge >= 0.3 is 6.09 Å². The van der Waals surface area contributed by atoms with Crippen molar-refractivity contribution in [2.75, 3.05) is 16.8 Å². The Balaban J connectivity index is 0.00000306. The van der Waals surface area contributed by atoms with Crippen LogP contribution in [0.3, 0.4) is 0 Å². The quantitative estimate of drug-likeness (QED) is 0.679. The third-order valence-corrected chi connectivity index (χ3v) is 5.69. The second-order valence-corrected chi connectivity index (χ2v) is 8.62. The van der Waals surface area contributed by atoms with Crippen LogP contribution in [-0.4, -0.2) is 53.2 Å². The maximum Gasteiger partial charge on any atom is 0.414 e. The lowest BCUT2D eigenvalue weighted by Crippen LogP contribution is -2.31. The number of cyclic esters (lactones) is 1. The van der Waals surface area contributed by atoms with E-state index in [0.29, 0.717) is 29.5 Å². The molecule has 1 aromatic carbocycles. The number of hydrogen-bond acceptors (Lipinski definition) is 8. The Morgan fingerprint density at radius 1 is 1.31 bits per heavy atom. The molecule has 9 nitrogen and oxygen atoms in total. The zero-order valence-corrected chi connectivity index (χ0v) is 18.9. The molecule has 32 heavy (non-hydrogen) atoms. The van der Waals surface area contributed by atoms with Gasteiger partial charge in [-0.3, -0.25) is 9.89 Å². The summed E-state index contributed by atoms with van der Waals surface area (Å²) in [5, 5.41) is 4.05. The number of nitrogens with zero attached hydrogens (tertiary/aromatic N) is 4. The van der Waals surface area contributed by atoms with Crippen LogP contribution in [0.2, 0.25) is 0 Å². The normalized spacial score (nSPS) is 27.0. The maximum absolute atomic E-state index is 12.1. The van der Waals surface area contributed by atoms with Gasteiger partial charge in [0, 0.05) is 30.6 Å². The molecule has 3 N–H and O–H groups in total. The minimum atomic E-state index is -0.346. The summed E-state index contributed by atoms with van der Waals surface area (Å²) < 4.78 is 10.9. The average molecular weight is 441 g/mol. The first-order valence-corrected chi connectivity index (χ1v) is 10.9. The molecule has 2 aliphatic heterocycles. The highest BCUT2D eigenvalue weighted by Gasteiger charge is 2.31. The van der Waals surface area contributed by atoms with Crippen molar-refractivity contribution in [2.45, 2.75) is 64.8 Å². The van der Waals surface area contributed by atoms with Crippen LogP contribution in [0.25, 0.3) is 10.9 Å². The van der Waals surface area contributed by atoms with Gasteiger partial charge in [0.25, 0.3) is 0 Å². The Hall–Kier alpha value is -3.20. The number of amides is 1. The van der Waals surface area contributed by atoms with Crippen LogP contribution >= 0.6 is 0 Å². The van der Waals surface area contributed by atoms with Crippen LogP contribution in [-0.2, 0) is 9.47 Å². The second kappa shape index (κ2) is 9.12. The van der Waals surface area contributed by atoms with Crippen molar-refractivity contribution >= 4 is 34.8 Å². The van der Waals surface area contributed by atoms with Crippen molar-refractivity contribution in [1.82, 2.24) is 9.97 Å². The lowest BCUT2D eigenvalue weighted by Gasteiger charge is -2.29. The number of anilines is 2. The highest BCUT2D eigenvalue weighted by atomic mass is 16.6. The summed E-state index contributed by atoms with van der Waals surface area (Å²) >= 11 is 0. The molecule has 2 aliphatic rings. The van der Waals surface area contributed by atoms with E-state index in [1.54, 1.807) is 17.3 Å². The Labute approximate surface area is 189 Å². The first-order chi connectivity index (χ1) is 15.3. The van der Waals surface area contributed by atoms with Crippen molar-refractivity contribution in [1.29, 1.82) is 0 Å². The number of fused-ring (bicyclic) bond motifs is 1. The molecular weight excluding hydrogens is 408 g/mol. The van der Waals surface area contributed by atoms with Crippen molar-refractivity contribution in [3.05, 3.63) is 35.8 Å². The fourth-order valence-electron chi connectivity index (χ4n) is 4.12. The number of aromatic nitrogens is 2. The zero-order chi connectivity index (χ0) is 22.8. The summed E-state index contributed by atoms with van der Waals surface area (Å²) in [6, 6.07) is 5.79. The molecule has 2 aromatic rings. The number of benzene rings is 1. The number of hydrogen-bond donors (Lipinski definition) is 2. The molecule has 0 saturated carbocycles. The number of allylic oxidation sites excluding steroid dienone is 2. The van der Waals surface area contributed by atoms with E-state index >= 15 is 0 Å². The summed E-state index contributed by atoms with van der Waals surface area (Å²) in [4.78, 5) is 27.5. The number of ether oxygens (including phenoxy) is 2. The van der Waals surface area contributed by atoms with Gasteiger partial charge in [-0.05, 0) is 58.7 Å². The van der Waals surface area contributed by atoms with Gasteiger partial charge in [0.15, 0.2) is 0 Å². The first kappa shape index (κ1) is 22.0. The van der Waals surface area contributed by atoms with Crippen LogP contribution < -0.4 is 16.0 Å². The summed E-state index contributed by atoms with van der Waals surface area (Å²) in [6.45, 7) is 8.27. The van der Waals surface area contributed by atoms with E-state index in [9.17, 15) is 4.79 Å². The maximum atomic E-state index is 12.1. The Morgan fingerprint density at radius 2 is 2.06 bits per heavy atom. The summed E-state index contributed by atoms with van der Waals surface area (Å²) in [7, 11) is 0. The van der Waals surface area contributed by atoms with E-state index in [1.807, 2.05) is 32.0 Å².